The normalized spacial score (nSPS) is 19.6. The van der Waals surface area contributed by atoms with E-state index in [0.29, 0.717) is 5.92 Å². The molecule has 1 fully saturated rings. The molecule has 0 radical (unpaired) electrons. The molecule has 1 aromatic heterocycles. The standard InChI is InChI=1S/C16H25N3S/c1-11(2)16-13-9-17-8-7-14(13)18-15(19-16)10-20-12-5-3-4-6-12/h11-12,17H,3-10H2,1-2H3. The van der Waals surface area contributed by atoms with Gasteiger partial charge in [-0.3, -0.25) is 0 Å². The van der Waals surface area contributed by atoms with Crippen LogP contribution < -0.4 is 5.32 Å². The van der Waals surface area contributed by atoms with Crippen LogP contribution in [0.3, 0.4) is 0 Å². The molecule has 2 heterocycles. The van der Waals surface area contributed by atoms with E-state index in [2.05, 4.69) is 30.9 Å². The zero-order valence-electron chi connectivity index (χ0n) is 12.6. The van der Waals surface area contributed by atoms with Gasteiger partial charge in [0.05, 0.1) is 17.1 Å². The fraction of sp³-hybridized carbons (Fsp3) is 0.750. The monoisotopic (exact) mass is 291 g/mol. The number of fused-ring (bicyclic) bond motifs is 1. The Labute approximate surface area is 126 Å². The summed E-state index contributed by atoms with van der Waals surface area (Å²) in [4.78, 5) is 9.72. The lowest BCUT2D eigenvalue weighted by molar-refractivity contribution is 0.603. The first-order valence-corrected chi connectivity index (χ1v) is 9.00. The summed E-state index contributed by atoms with van der Waals surface area (Å²) in [6, 6.07) is 0. The van der Waals surface area contributed by atoms with E-state index in [1.165, 1.54) is 42.6 Å². The van der Waals surface area contributed by atoms with Crippen LogP contribution in [0.2, 0.25) is 0 Å². The highest BCUT2D eigenvalue weighted by Crippen LogP contribution is 2.31. The Balaban J connectivity index is 1.78. The third-order valence-electron chi connectivity index (χ3n) is 4.31. The van der Waals surface area contributed by atoms with Gasteiger partial charge < -0.3 is 5.32 Å². The van der Waals surface area contributed by atoms with Crippen molar-refractivity contribution in [2.24, 2.45) is 0 Å². The Kier molecular flexibility index (Phi) is 4.61. The Morgan fingerprint density at radius 1 is 1.25 bits per heavy atom. The largest absolute Gasteiger partial charge is 0.312 e. The highest BCUT2D eigenvalue weighted by Gasteiger charge is 2.20. The minimum atomic E-state index is 0.488. The van der Waals surface area contributed by atoms with Crippen molar-refractivity contribution in [3.8, 4) is 0 Å². The van der Waals surface area contributed by atoms with E-state index in [4.69, 9.17) is 9.97 Å². The van der Waals surface area contributed by atoms with Gasteiger partial charge >= 0.3 is 0 Å². The highest BCUT2D eigenvalue weighted by atomic mass is 32.2. The van der Waals surface area contributed by atoms with E-state index in [1.807, 2.05) is 0 Å². The summed E-state index contributed by atoms with van der Waals surface area (Å²) < 4.78 is 0. The third-order valence-corrected chi connectivity index (χ3v) is 5.68. The second-order valence-electron chi connectivity index (χ2n) is 6.25. The molecule has 0 saturated heterocycles. The Morgan fingerprint density at radius 2 is 2.05 bits per heavy atom. The number of aromatic nitrogens is 2. The number of hydrogen-bond acceptors (Lipinski definition) is 4. The maximum Gasteiger partial charge on any atom is 0.138 e. The summed E-state index contributed by atoms with van der Waals surface area (Å²) in [6.07, 6.45) is 6.64. The first-order valence-electron chi connectivity index (χ1n) is 7.95. The molecule has 20 heavy (non-hydrogen) atoms. The average Bonchev–Trinajstić information content (AvgIpc) is 2.97. The van der Waals surface area contributed by atoms with Gasteiger partial charge in [0, 0.05) is 30.3 Å². The number of nitrogens with one attached hydrogen (secondary N) is 1. The van der Waals surface area contributed by atoms with Crippen LogP contribution in [0, 0.1) is 0 Å². The van der Waals surface area contributed by atoms with Crippen molar-refractivity contribution in [3.05, 3.63) is 22.8 Å². The molecule has 1 saturated carbocycles. The predicted octanol–water partition coefficient (Wildman–Crippen LogP) is 3.42. The molecular weight excluding hydrogens is 266 g/mol. The molecule has 1 aliphatic carbocycles. The zero-order valence-corrected chi connectivity index (χ0v) is 13.4. The van der Waals surface area contributed by atoms with Crippen molar-refractivity contribution in [1.29, 1.82) is 0 Å². The maximum absolute atomic E-state index is 4.87. The molecule has 1 N–H and O–H groups in total. The summed E-state index contributed by atoms with van der Waals surface area (Å²) in [7, 11) is 0. The second-order valence-corrected chi connectivity index (χ2v) is 7.54. The van der Waals surface area contributed by atoms with Gasteiger partial charge in [0.1, 0.15) is 5.82 Å². The molecule has 0 unspecified atom stereocenters. The molecule has 0 spiro atoms. The molecule has 3 rings (SSSR count). The summed E-state index contributed by atoms with van der Waals surface area (Å²) in [6.45, 7) is 6.48. The summed E-state index contributed by atoms with van der Waals surface area (Å²) in [5, 5.41) is 4.29. The molecule has 0 bridgehead atoms. The number of thioether (sulfide) groups is 1. The lowest BCUT2D eigenvalue weighted by atomic mass is 9.98. The van der Waals surface area contributed by atoms with Crippen molar-refractivity contribution in [1.82, 2.24) is 15.3 Å². The first kappa shape index (κ1) is 14.3. The SMILES string of the molecule is CC(C)c1nc(CSC2CCCC2)nc2c1CNCC2. The van der Waals surface area contributed by atoms with Crippen LogP contribution >= 0.6 is 11.8 Å². The van der Waals surface area contributed by atoms with Crippen molar-refractivity contribution < 1.29 is 0 Å². The molecule has 3 nitrogen and oxygen atoms in total. The van der Waals surface area contributed by atoms with E-state index in [9.17, 15) is 0 Å². The highest BCUT2D eigenvalue weighted by molar-refractivity contribution is 7.99. The van der Waals surface area contributed by atoms with Gasteiger partial charge in [-0.2, -0.15) is 11.8 Å². The van der Waals surface area contributed by atoms with E-state index < -0.39 is 0 Å². The Bertz CT molecular complexity index is 467. The van der Waals surface area contributed by atoms with Crippen molar-refractivity contribution in [2.45, 2.75) is 69.4 Å². The van der Waals surface area contributed by atoms with Crippen molar-refractivity contribution in [2.75, 3.05) is 6.54 Å². The topological polar surface area (TPSA) is 37.8 Å². The van der Waals surface area contributed by atoms with Gasteiger partial charge in [-0.05, 0) is 18.8 Å². The maximum atomic E-state index is 4.87. The van der Waals surface area contributed by atoms with Gasteiger partial charge in [-0.15, -0.1) is 0 Å². The first-order chi connectivity index (χ1) is 9.74. The van der Waals surface area contributed by atoms with E-state index in [0.717, 1.165) is 36.3 Å². The zero-order chi connectivity index (χ0) is 13.9. The summed E-state index contributed by atoms with van der Waals surface area (Å²) >= 11 is 2.07. The van der Waals surface area contributed by atoms with Crippen LogP contribution in [0.5, 0.6) is 0 Å². The molecule has 110 valence electrons. The van der Waals surface area contributed by atoms with Gasteiger partial charge in [0.25, 0.3) is 0 Å². The van der Waals surface area contributed by atoms with Crippen LogP contribution in [0.4, 0.5) is 0 Å². The number of rotatable bonds is 4. The molecule has 0 aromatic carbocycles. The summed E-state index contributed by atoms with van der Waals surface area (Å²) in [5.41, 5.74) is 3.93. The lowest BCUT2D eigenvalue weighted by Crippen LogP contribution is -2.27. The van der Waals surface area contributed by atoms with Crippen molar-refractivity contribution in [3.63, 3.8) is 0 Å². The third kappa shape index (κ3) is 3.17. The summed E-state index contributed by atoms with van der Waals surface area (Å²) in [5.74, 6) is 2.54. The van der Waals surface area contributed by atoms with Crippen LogP contribution in [0.25, 0.3) is 0 Å². The molecule has 1 aromatic rings. The van der Waals surface area contributed by atoms with Crippen LogP contribution in [0.1, 0.15) is 68.2 Å². The molecule has 0 amide bonds. The second kappa shape index (κ2) is 6.44. The Hall–Kier alpha value is -0.610. The van der Waals surface area contributed by atoms with E-state index in [-0.39, 0.29) is 0 Å². The fourth-order valence-electron chi connectivity index (χ4n) is 3.21. The van der Waals surface area contributed by atoms with Crippen LogP contribution in [0.15, 0.2) is 0 Å². The van der Waals surface area contributed by atoms with E-state index in [1.54, 1.807) is 0 Å². The number of nitrogens with zero attached hydrogens (tertiary/aromatic N) is 2. The predicted molar refractivity (Wildman–Crippen MR) is 85.1 cm³/mol. The lowest BCUT2D eigenvalue weighted by Gasteiger charge is -2.22. The fourth-order valence-corrected chi connectivity index (χ4v) is 4.39. The van der Waals surface area contributed by atoms with Gasteiger partial charge in [0.2, 0.25) is 0 Å². The smallest absolute Gasteiger partial charge is 0.138 e. The molecular formula is C16H25N3S. The van der Waals surface area contributed by atoms with Gasteiger partial charge in [0.15, 0.2) is 0 Å². The van der Waals surface area contributed by atoms with Crippen LogP contribution in [-0.4, -0.2) is 21.8 Å². The minimum absolute atomic E-state index is 0.488. The Morgan fingerprint density at radius 3 is 2.80 bits per heavy atom. The quantitative estimate of drug-likeness (QED) is 0.922. The van der Waals surface area contributed by atoms with E-state index >= 15 is 0 Å². The number of hydrogen-bond donors (Lipinski definition) is 1. The van der Waals surface area contributed by atoms with Gasteiger partial charge in [-0.25, -0.2) is 9.97 Å². The molecule has 0 atom stereocenters. The molecule has 4 heteroatoms. The molecule has 2 aliphatic rings. The van der Waals surface area contributed by atoms with Gasteiger partial charge in [-0.1, -0.05) is 26.7 Å². The molecule has 1 aliphatic heterocycles. The van der Waals surface area contributed by atoms with Crippen LogP contribution in [-0.2, 0) is 18.7 Å². The minimum Gasteiger partial charge on any atom is -0.312 e. The van der Waals surface area contributed by atoms with Crippen molar-refractivity contribution >= 4 is 11.8 Å². The average molecular weight is 291 g/mol.